The van der Waals surface area contributed by atoms with Gasteiger partial charge in [-0.3, -0.25) is 19.3 Å². The second kappa shape index (κ2) is 7.90. The van der Waals surface area contributed by atoms with Gasteiger partial charge in [-0.2, -0.15) is 13.2 Å². The molecule has 0 aliphatic carbocycles. The smallest absolute Gasteiger partial charge is 0.416 e. The van der Waals surface area contributed by atoms with Crippen molar-refractivity contribution in [3.63, 3.8) is 0 Å². The van der Waals surface area contributed by atoms with E-state index in [9.17, 15) is 27.6 Å². The molecule has 2 heterocycles. The van der Waals surface area contributed by atoms with E-state index in [0.717, 1.165) is 17.0 Å². The Kier molecular flexibility index (Phi) is 5.74. The lowest BCUT2D eigenvalue weighted by molar-refractivity contribution is -0.150. The maximum absolute atomic E-state index is 12.9. The van der Waals surface area contributed by atoms with Crippen molar-refractivity contribution in [1.29, 1.82) is 0 Å². The van der Waals surface area contributed by atoms with E-state index >= 15 is 0 Å². The van der Waals surface area contributed by atoms with Gasteiger partial charge in [-0.25, -0.2) is 4.90 Å². The molecule has 2 aliphatic heterocycles. The van der Waals surface area contributed by atoms with Crippen LogP contribution in [0.5, 0.6) is 0 Å². The maximum atomic E-state index is 12.9. The first-order valence-corrected chi connectivity index (χ1v) is 9.17. The summed E-state index contributed by atoms with van der Waals surface area (Å²) in [6.45, 7) is 2.94. The van der Waals surface area contributed by atoms with Crippen molar-refractivity contribution in [2.24, 2.45) is 5.92 Å². The first kappa shape index (κ1) is 20.3. The molecule has 2 aliphatic rings. The molecule has 1 aromatic rings. The molecule has 2 fully saturated rings. The third-order valence-corrected chi connectivity index (χ3v) is 5.14. The van der Waals surface area contributed by atoms with Gasteiger partial charge in [-0.1, -0.05) is 6.07 Å². The largest absolute Gasteiger partial charge is 0.466 e. The number of benzene rings is 1. The lowest BCUT2D eigenvalue weighted by atomic mass is 9.95. The molecule has 28 heavy (non-hydrogen) atoms. The molecule has 3 rings (SSSR count). The summed E-state index contributed by atoms with van der Waals surface area (Å²) in [6.07, 6.45) is -3.61. The van der Waals surface area contributed by atoms with Gasteiger partial charge in [0.2, 0.25) is 5.91 Å². The van der Waals surface area contributed by atoms with Crippen LogP contribution in [0.15, 0.2) is 24.3 Å². The van der Waals surface area contributed by atoms with Crippen molar-refractivity contribution in [3.05, 3.63) is 29.8 Å². The number of amides is 2. The van der Waals surface area contributed by atoms with Crippen LogP contribution in [0.4, 0.5) is 18.9 Å². The predicted octanol–water partition coefficient (Wildman–Crippen LogP) is 2.61. The molecule has 1 aromatic carbocycles. The van der Waals surface area contributed by atoms with Crippen LogP contribution < -0.4 is 4.90 Å². The highest BCUT2D eigenvalue weighted by Crippen LogP contribution is 2.34. The number of alkyl halides is 3. The molecule has 152 valence electrons. The van der Waals surface area contributed by atoms with E-state index in [2.05, 4.69) is 0 Å². The minimum absolute atomic E-state index is 0.0752. The topological polar surface area (TPSA) is 66.9 Å². The van der Waals surface area contributed by atoms with Gasteiger partial charge in [-0.15, -0.1) is 0 Å². The normalized spacial score (nSPS) is 22.0. The van der Waals surface area contributed by atoms with E-state index in [1.807, 2.05) is 4.90 Å². The van der Waals surface area contributed by atoms with Crippen LogP contribution in [0.2, 0.25) is 0 Å². The number of anilines is 1. The summed E-state index contributed by atoms with van der Waals surface area (Å²) in [5.74, 6) is -1.55. The molecule has 0 N–H and O–H groups in total. The summed E-state index contributed by atoms with van der Waals surface area (Å²) >= 11 is 0. The Morgan fingerprint density at radius 1 is 1.21 bits per heavy atom. The Bertz CT molecular complexity index is 773. The molecular formula is C19H21F3N2O4. The highest BCUT2D eigenvalue weighted by Gasteiger charge is 2.44. The molecule has 2 saturated heterocycles. The van der Waals surface area contributed by atoms with E-state index < -0.39 is 29.6 Å². The van der Waals surface area contributed by atoms with Crippen LogP contribution in [0, 0.1) is 5.92 Å². The van der Waals surface area contributed by atoms with Crippen LogP contribution >= 0.6 is 0 Å². The molecule has 0 spiro atoms. The van der Waals surface area contributed by atoms with E-state index in [4.69, 9.17) is 4.74 Å². The van der Waals surface area contributed by atoms with E-state index in [0.29, 0.717) is 32.5 Å². The van der Waals surface area contributed by atoms with Gasteiger partial charge < -0.3 is 4.74 Å². The van der Waals surface area contributed by atoms with Gasteiger partial charge >= 0.3 is 12.1 Å². The van der Waals surface area contributed by atoms with Crippen molar-refractivity contribution in [2.45, 2.75) is 38.4 Å². The fraction of sp³-hybridized carbons (Fsp3) is 0.526. The number of esters is 1. The molecule has 9 heteroatoms. The standard InChI is InChI=1S/C19H21F3N2O4/c1-2-28-18(27)12-6-8-23(9-7-12)15-11-16(25)24(17(15)26)14-5-3-4-13(10-14)19(20,21)22/h3-5,10,12,15H,2,6-9,11H2,1H3/t15-/m0/s1. The lowest BCUT2D eigenvalue weighted by Crippen LogP contribution is -2.47. The second-order valence-corrected chi connectivity index (χ2v) is 6.90. The van der Waals surface area contributed by atoms with E-state index in [1.54, 1.807) is 6.92 Å². The summed E-state index contributed by atoms with van der Waals surface area (Å²) in [5, 5.41) is 0. The number of hydrogen-bond donors (Lipinski definition) is 0. The Morgan fingerprint density at radius 2 is 1.89 bits per heavy atom. The summed E-state index contributed by atoms with van der Waals surface area (Å²) < 4.78 is 43.8. The molecular weight excluding hydrogens is 377 g/mol. The Morgan fingerprint density at radius 3 is 2.50 bits per heavy atom. The van der Waals surface area contributed by atoms with Gasteiger partial charge in [0, 0.05) is 0 Å². The average molecular weight is 398 g/mol. The average Bonchev–Trinajstić information content (AvgIpc) is 2.96. The van der Waals surface area contributed by atoms with Crippen LogP contribution in [0.25, 0.3) is 0 Å². The number of ether oxygens (including phenoxy) is 1. The first-order valence-electron chi connectivity index (χ1n) is 9.17. The van der Waals surface area contributed by atoms with Gasteiger partial charge in [0.05, 0.1) is 36.2 Å². The van der Waals surface area contributed by atoms with Crippen molar-refractivity contribution in [3.8, 4) is 0 Å². The number of hydrogen-bond acceptors (Lipinski definition) is 5. The van der Waals surface area contributed by atoms with Crippen molar-refractivity contribution in [1.82, 2.24) is 4.90 Å². The minimum Gasteiger partial charge on any atom is -0.466 e. The number of likely N-dealkylation sites (tertiary alicyclic amines) is 1. The minimum atomic E-state index is -4.56. The highest BCUT2D eigenvalue weighted by atomic mass is 19.4. The maximum Gasteiger partial charge on any atom is 0.416 e. The third kappa shape index (κ3) is 4.04. The van der Waals surface area contributed by atoms with Crippen molar-refractivity contribution >= 4 is 23.5 Å². The monoisotopic (exact) mass is 398 g/mol. The number of carbonyl (C=O) groups is 3. The molecule has 0 radical (unpaired) electrons. The summed E-state index contributed by atoms with van der Waals surface area (Å²) in [7, 11) is 0. The summed E-state index contributed by atoms with van der Waals surface area (Å²) in [6, 6.07) is 3.49. The van der Waals surface area contributed by atoms with Gasteiger partial charge in [0.1, 0.15) is 0 Å². The van der Waals surface area contributed by atoms with Crippen LogP contribution in [0.3, 0.4) is 0 Å². The fourth-order valence-corrected chi connectivity index (χ4v) is 3.70. The Balaban J connectivity index is 1.70. The zero-order chi connectivity index (χ0) is 20.5. The number of halogens is 3. The Labute approximate surface area is 160 Å². The molecule has 1 atom stereocenters. The lowest BCUT2D eigenvalue weighted by Gasteiger charge is -2.33. The van der Waals surface area contributed by atoms with E-state index in [1.165, 1.54) is 12.1 Å². The fourth-order valence-electron chi connectivity index (χ4n) is 3.70. The molecule has 0 saturated carbocycles. The number of piperidine rings is 1. The van der Waals surface area contributed by atoms with Gasteiger partial charge in [0.25, 0.3) is 5.91 Å². The van der Waals surface area contributed by atoms with Crippen LogP contribution in [-0.2, 0) is 25.3 Å². The van der Waals surface area contributed by atoms with Crippen molar-refractivity contribution in [2.75, 3.05) is 24.6 Å². The van der Waals surface area contributed by atoms with Crippen LogP contribution in [-0.4, -0.2) is 48.4 Å². The number of carbonyl (C=O) groups excluding carboxylic acids is 3. The molecule has 0 aromatic heterocycles. The van der Waals surface area contributed by atoms with Crippen LogP contribution in [0.1, 0.15) is 31.7 Å². The van der Waals surface area contributed by atoms with Gasteiger partial charge in [-0.05, 0) is 51.1 Å². The van der Waals surface area contributed by atoms with Crippen molar-refractivity contribution < 1.29 is 32.3 Å². The molecule has 0 bridgehead atoms. The highest BCUT2D eigenvalue weighted by molar-refractivity contribution is 6.22. The first-order chi connectivity index (χ1) is 13.2. The zero-order valence-electron chi connectivity index (χ0n) is 15.4. The molecule has 6 nitrogen and oxygen atoms in total. The number of nitrogens with zero attached hydrogens (tertiary/aromatic N) is 2. The quantitative estimate of drug-likeness (QED) is 0.576. The summed E-state index contributed by atoms with van der Waals surface area (Å²) in [5.41, 5.74) is -0.988. The second-order valence-electron chi connectivity index (χ2n) is 6.90. The number of rotatable bonds is 4. The number of imide groups is 1. The SMILES string of the molecule is CCOC(=O)C1CCN([C@H]2CC(=O)N(c3cccc(C(F)(F)F)c3)C2=O)CC1. The third-order valence-electron chi connectivity index (χ3n) is 5.14. The molecule has 0 unspecified atom stereocenters. The Hall–Kier alpha value is -2.42. The zero-order valence-corrected chi connectivity index (χ0v) is 15.4. The predicted molar refractivity (Wildman–Crippen MR) is 93.3 cm³/mol. The van der Waals surface area contributed by atoms with Gasteiger partial charge in [0.15, 0.2) is 0 Å². The van der Waals surface area contributed by atoms with E-state index in [-0.39, 0.29) is 24.0 Å². The summed E-state index contributed by atoms with van der Waals surface area (Å²) in [4.78, 5) is 39.6. The molecule has 2 amide bonds.